The number of hydrogen-bond donors (Lipinski definition) is 1. The molecule has 3 nitrogen and oxygen atoms in total. The summed E-state index contributed by atoms with van der Waals surface area (Å²) in [7, 11) is 2.06. The highest BCUT2D eigenvalue weighted by Gasteiger charge is 2.12. The van der Waals surface area contributed by atoms with E-state index in [0.717, 1.165) is 0 Å². The number of aliphatic hydroxyl groups excluding tert-OH is 1. The zero-order valence-electron chi connectivity index (χ0n) is 8.74. The first-order chi connectivity index (χ1) is 5.45. The zero-order valence-corrected chi connectivity index (χ0v) is 8.74. The van der Waals surface area contributed by atoms with E-state index in [1.807, 2.05) is 0 Å². The standard InChI is InChI=1S/C9H21NO2/c1-7(2)10(5)8(3)6-12-9(4)11/h7-9,11H,6H2,1-5H3. The lowest BCUT2D eigenvalue weighted by Crippen LogP contribution is -2.38. The molecule has 2 unspecified atom stereocenters. The van der Waals surface area contributed by atoms with E-state index in [-0.39, 0.29) is 0 Å². The number of likely N-dealkylation sites (N-methyl/N-ethyl adjacent to an activating group) is 1. The van der Waals surface area contributed by atoms with Gasteiger partial charge in [-0.3, -0.25) is 4.90 Å². The van der Waals surface area contributed by atoms with Crippen LogP contribution in [0.4, 0.5) is 0 Å². The first-order valence-electron chi connectivity index (χ1n) is 4.46. The molecule has 12 heavy (non-hydrogen) atoms. The van der Waals surface area contributed by atoms with Crippen LogP contribution in [0, 0.1) is 0 Å². The quantitative estimate of drug-likeness (QED) is 0.634. The molecule has 3 heteroatoms. The van der Waals surface area contributed by atoms with Crippen molar-refractivity contribution in [1.82, 2.24) is 4.90 Å². The maximum atomic E-state index is 8.88. The Hall–Kier alpha value is -0.120. The molecule has 0 spiro atoms. The van der Waals surface area contributed by atoms with Crippen LogP contribution in [0.3, 0.4) is 0 Å². The van der Waals surface area contributed by atoms with Crippen molar-refractivity contribution < 1.29 is 9.84 Å². The summed E-state index contributed by atoms with van der Waals surface area (Å²) in [4.78, 5) is 2.21. The van der Waals surface area contributed by atoms with Gasteiger partial charge in [0.05, 0.1) is 6.61 Å². The summed E-state index contributed by atoms with van der Waals surface area (Å²) in [5.74, 6) is 0. The number of nitrogens with zero attached hydrogens (tertiary/aromatic N) is 1. The van der Waals surface area contributed by atoms with Gasteiger partial charge in [-0.1, -0.05) is 0 Å². The Morgan fingerprint density at radius 2 is 1.75 bits per heavy atom. The number of rotatable bonds is 5. The van der Waals surface area contributed by atoms with Gasteiger partial charge in [0, 0.05) is 12.1 Å². The third-order valence-electron chi connectivity index (χ3n) is 2.09. The van der Waals surface area contributed by atoms with Gasteiger partial charge in [-0.2, -0.15) is 0 Å². The average molecular weight is 175 g/mol. The van der Waals surface area contributed by atoms with Gasteiger partial charge in [0.15, 0.2) is 6.29 Å². The van der Waals surface area contributed by atoms with Gasteiger partial charge in [-0.25, -0.2) is 0 Å². The molecule has 0 fully saturated rings. The minimum atomic E-state index is -0.659. The lowest BCUT2D eigenvalue weighted by Gasteiger charge is -2.28. The van der Waals surface area contributed by atoms with E-state index in [1.165, 1.54) is 0 Å². The molecule has 0 aromatic carbocycles. The number of hydrogen-bond acceptors (Lipinski definition) is 3. The van der Waals surface area contributed by atoms with Gasteiger partial charge in [0.2, 0.25) is 0 Å². The van der Waals surface area contributed by atoms with Crippen LogP contribution in [-0.2, 0) is 4.74 Å². The molecule has 0 heterocycles. The SMILES string of the molecule is CC(O)OCC(C)N(C)C(C)C. The summed E-state index contributed by atoms with van der Waals surface area (Å²) in [5.41, 5.74) is 0. The molecule has 0 aromatic heterocycles. The maximum Gasteiger partial charge on any atom is 0.151 e. The van der Waals surface area contributed by atoms with Gasteiger partial charge < -0.3 is 9.84 Å². The van der Waals surface area contributed by atoms with Gasteiger partial charge in [0.1, 0.15) is 0 Å². The molecule has 0 aromatic rings. The molecule has 0 bridgehead atoms. The van der Waals surface area contributed by atoms with E-state index in [1.54, 1.807) is 6.92 Å². The second-order valence-electron chi connectivity index (χ2n) is 3.54. The normalized spacial score (nSPS) is 17.0. The summed E-state index contributed by atoms with van der Waals surface area (Å²) in [6.45, 7) is 8.56. The molecule has 1 N–H and O–H groups in total. The van der Waals surface area contributed by atoms with Crippen molar-refractivity contribution in [2.45, 2.75) is 46.1 Å². The van der Waals surface area contributed by atoms with Crippen molar-refractivity contribution in [1.29, 1.82) is 0 Å². The monoisotopic (exact) mass is 175 g/mol. The average Bonchev–Trinajstić information content (AvgIpc) is 1.98. The fourth-order valence-corrected chi connectivity index (χ4v) is 0.905. The van der Waals surface area contributed by atoms with Crippen molar-refractivity contribution in [2.24, 2.45) is 0 Å². The van der Waals surface area contributed by atoms with Gasteiger partial charge in [0.25, 0.3) is 0 Å². The Kier molecular flexibility index (Phi) is 5.46. The molecule has 0 radical (unpaired) electrons. The second-order valence-corrected chi connectivity index (χ2v) is 3.54. The molecule has 0 saturated heterocycles. The first kappa shape index (κ1) is 11.9. The van der Waals surface area contributed by atoms with Crippen molar-refractivity contribution in [3.63, 3.8) is 0 Å². The molecule has 0 rings (SSSR count). The molecular formula is C9H21NO2. The topological polar surface area (TPSA) is 32.7 Å². The number of ether oxygens (including phenoxy) is 1. The third-order valence-corrected chi connectivity index (χ3v) is 2.09. The molecule has 0 aliphatic heterocycles. The van der Waals surface area contributed by atoms with Crippen LogP contribution in [-0.4, -0.2) is 42.0 Å². The van der Waals surface area contributed by atoms with Crippen LogP contribution in [0.1, 0.15) is 27.7 Å². The molecule has 0 saturated carbocycles. The zero-order chi connectivity index (χ0) is 9.72. The van der Waals surface area contributed by atoms with E-state index in [0.29, 0.717) is 18.7 Å². The molecule has 2 atom stereocenters. The van der Waals surface area contributed by atoms with Crippen LogP contribution in [0.15, 0.2) is 0 Å². The lowest BCUT2D eigenvalue weighted by atomic mass is 10.2. The third kappa shape index (κ3) is 4.70. The summed E-state index contributed by atoms with van der Waals surface area (Å²) in [6.07, 6.45) is -0.659. The maximum absolute atomic E-state index is 8.88. The molecule has 74 valence electrons. The second kappa shape index (κ2) is 5.51. The van der Waals surface area contributed by atoms with E-state index >= 15 is 0 Å². The van der Waals surface area contributed by atoms with Crippen LogP contribution >= 0.6 is 0 Å². The van der Waals surface area contributed by atoms with E-state index in [2.05, 4.69) is 32.7 Å². The van der Waals surface area contributed by atoms with Crippen molar-refractivity contribution in [2.75, 3.05) is 13.7 Å². The molecular weight excluding hydrogens is 154 g/mol. The molecule has 0 amide bonds. The summed E-state index contributed by atoms with van der Waals surface area (Å²) in [5, 5.41) is 8.88. The summed E-state index contributed by atoms with van der Waals surface area (Å²) >= 11 is 0. The van der Waals surface area contributed by atoms with Crippen LogP contribution in [0.2, 0.25) is 0 Å². The Bertz CT molecular complexity index is 115. The Balaban J connectivity index is 3.64. The van der Waals surface area contributed by atoms with Crippen LogP contribution in [0.5, 0.6) is 0 Å². The van der Waals surface area contributed by atoms with Crippen molar-refractivity contribution >= 4 is 0 Å². The minimum absolute atomic E-state index is 0.347. The highest BCUT2D eigenvalue weighted by molar-refractivity contribution is 4.65. The first-order valence-corrected chi connectivity index (χ1v) is 4.46. The fraction of sp³-hybridized carbons (Fsp3) is 1.00. The van der Waals surface area contributed by atoms with Crippen molar-refractivity contribution in [3.05, 3.63) is 0 Å². The molecule has 0 aliphatic rings. The highest BCUT2D eigenvalue weighted by Crippen LogP contribution is 2.02. The summed E-state index contributed by atoms with van der Waals surface area (Å²) < 4.78 is 5.09. The van der Waals surface area contributed by atoms with E-state index in [9.17, 15) is 0 Å². The van der Waals surface area contributed by atoms with Gasteiger partial charge in [-0.05, 0) is 34.7 Å². The van der Waals surface area contributed by atoms with E-state index in [4.69, 9.17) is 9.84 Å². The predicted octanol–water partition coefficient (Wildman–Crippen LogP) is 1.07. The van der Waals surface area contributed by atoms with Gasteiger partial charge >= 0.3 is 0 Å². The number of aliphatic hydroxyl groups is 1. The van der Waals surface area contributed by atoms with Gasteiger partial charge in [-0.15, -0.1) is 0 Å². The minimum Gasteiger partial charge on any atom is -0.368 e. The Morgan fingerprint density at radius 3 is 2.08 bits per heavy atom. The largest absolute Gasteiger partial charge is 0.368 e. The van der Waals surface area contributed by atoms with E-state index < -0.39 is 6.29 Å². The fourth-order valence-electron chi connectivity index (χ4n) is 0.905. The smallest absolute Gasteiger partial charge is 0.151 e. The molecule has 0 aliphatic carbocycles. The van der Waals surface area contributed by atoms with Crippen molar-refractivity contribution in [3.8, 4) is 0 Å². The summed E-state index contributed by atoms with van der Waals surface area (Å²) in [6, 6.07) is 0.859. The Labute approximate surface area is 75.3 Å². The van der Waals surface area contributed by atoms with Crippen LogP contribution in [0.25, 0.3) is 0 Å². The van der Waals surface area contributed by atoms with Crippen LogP contribution < -0.4 is 0 Å². The highest BCUT2D eigenvalue weighted by atomic mass is 16.6. The Morgan fingerprint density at radius 1 is 1.25 bits per heavy atom. The predicted molar refractivity (Wildman–Crippen MR) is 50.0 cm³/mol. The lowest BCUT2D eigenvalue weighted by molar-refractivity contribution is -0.0996.